The summed E-state index contributed by atoms with van der Waals surface area (Å²) in [7, 11) is -3.86. The van der Waals surface area contributed by atoms with E-state index in [0.29, 0.717) is 5.56 Å². The smallest absolute Gasteiger partial charge is 0.491 e. The van der Waals surface area contributed by atoms with Gasteiger partial charge in [0.15, 0.2) is 9.84 Å². The number of carbonyl (C=O) groups excluding carboxylic acids is 3. The first-order valence-electron chi connectivity index (χ1n) is 13.7. The third-order valence-electron chi connectivity index (χ3n) is 6.39. The molecule has 0 heterocycles. The summed E-state index contributed by atoms with van der Waals surface area (Å²) in [6, 6.07) is 15.3. The van der Waals surface area contributed by atoms with Crippen LogP contribution in [0.1, 0.15) is 37.5 Å². The molecule has 2 amide bonds. The lowest BCUT2D eigenvalue weighted by atomic mass is 9.99. The summed E-state index contributed by atoms with van der Waals surface area (Å²) in [5, 5.41) is 7.57. The van der Waals surface area contributed by atoms with Crippen LogP contribution in [0.4, 0.5) is 24.5 Å². The summed E-state index contributed by atoms with van der Waals surface area (Å²) in [4.78, 5) is 37.9. The molecule has 3 rings (SSSR count). The van der Waals surface area contributed by atoms with Crippen molar-refractivity contribution in [1.29, 1.82) is 0 Å². The Morgan fingerprint density at radius 2 is 1.60 bits per heavy atom. The zero-order valence-corrected chi connectivity index (χ0v) is 25.5. The van der Waals surface area contributed by atoms with Crippen LogP contribution in [0.2, 0.25) is 0 Å². The number of ether oxygens (including phenoxy) is 2. The SMILES string of the molecule is CCOc1cccc(C(Nc2ccc(CN)cc2)(OC(=O)C(F)(F)F)C(=O)NCc2cc(NC(C)=O)ccc2S(=O)(=O)CC)c1. The van der Waals surface area contributed by atoms with Crippen LogP contribution in [-0.4, -0.2) is 44.7 Å². The van der Waals surface area contributed by atoms with Gasteiger partial charge in [-0.3, -0.25) is 9.59 Å². The molecule has 3 aromatic carbocycles. The maximum absolute atomic E-state index is 14.1. The van der Waals surface area contributed by atoms with Crippen LogP contribution < -0.4 is 26.4 Å². The maximum Gasteiger partial charge on any atom is 0.491 e. The first-order valence-corrected chi connectivity index (χ1v) is 15.3. The Hall–Kier alpha value is -4.63. The number of halogens is 3. The highest BCUT2D eigenvalue weighted by Gasteiger charge is 2.52. The van der Waals surface area contributed by atoms with Gasteiger partial charge in [0.2, 0.25) is 5.91 Å². The number of hydrogen-bond acceptors (Lipinski definition) is 9. The number of carbonyl (C=O) groups is 3. The van der Waals surface area contributed by atoms with Gasteiger partial charge in [0.1, 0.15) is 5.75 Å². The Morgan fingerprint density at radius 1 is 0.933 bits per heavy atom. The highest BCUT2D eigenvalue weighted by Crippen LogP contribution is 2.34. The van der Waals surface area contributed by atoms with E-state index in [9.17, 15) is 36.0 Å². The van der Waals surface area contributed by atoms with Crippen molar-refractivity contribution in [1.82, 2.24) is 5.32 Å². The number of rotatable bonds is 13. The molecule has 0 fully saturated rings. The topological polar surface area (TPSA) is 166 Å². The highest BCUT2D eigenvalue weighted by molar-refractivity contribution is 7.91. The van der Waals surface area contributed by atoms with Crippen LogP contribution in [0, 0.1) is 0 Å². The van der Waals surface area contributed by atoms with Crippen molar-refractivity contribution >= 4 is 39.0 Å². The monoisotopic (exact) mass is 650 g/mol. The molecule has 0 bridgehead atoms. The minimum Gasteiger partial charge on any atom is -0.494 e. The van der Waals surface area contributed by atoms with Gasteiger partial charge in [-0.15, -0.1) is 0 Å². The summed E-state index contributed by atoms with van der Waals surface area (Å²) >= 11 is 0. The summed E-state index contributed by atoms with van der Waals surface area (Å²) in [5.41, 5.74) is 3.55. The largest absolute Gasteiger partial charge is 0.494 e. The van der Waals surface area contributed by atoms with Crippen molar-refractivity contribution in [2.75, 3.05) is 23.0 Å². The Balaban J connectivity index is 2.19. The van der Waals surface area contributed by atoms with E-state index in [2.05, 4.69) is 16.0 Å². The fourth-order valence-corrected chi connectivity index (χ4v) is 5.36. The van der Waals surface area contributed by atoms with E-state index in [-0.39, 0.29) is 52.1 Å². The summed E-state index contributed by atoms with van der Waals surface area (Å²) < 4.78 is 77.1. The molecule has 0 radical (unpaired) electrons. The van der Waals surface area contributed by atoms with Crippen molar-refractivity contribution in [2.24, 2.45) is 5.73 Å². The van der Waals surface area contributed by atoms with Gasteiger partial charge in [-0.25, -0.2) is 13.2 Å². The molecule has 0 spiro atoms. The number of benzene rings is 3. The average Bonchev–Trinajstić information content (AvgIpc) is 2.99. The summed E-state index contributed by atoms with van der Waals surface area (Å²) in [6.45, 7) is 4.11. The van der Waals surface area contributed by atoms with Gasteiger partial charge >= 0.3 is 12.1 Å². The van der Waals surface area contributed by atoms with Gasteiger partial charge in [-0.2, -0.15) is 13.2 Å². The normalized spacial score (nSPS) is 12.9. The summed E-state index contributed by atoms with van der Waals surface area (Å²) in [6.07, 6.45) is -5.50. The molecule has 0 saturated carbocycles. The molecule has 1 unspecified atom stereocenters. The first-order chi connectivity index (χ1) is 21.1. The number of anilines is 2. The van der Waals surface area contributed by atoms with E-state index in [1.54, 1.807) is 19.1 Å². The molecule has 3 aromatic rings. The molecule has 0 saturated heterocycles. The fraction of sp³-hybridized carbons (Fsp3) is 0.300. The van der Waals surface area contributed by atoms with Gasteiger partial charge in [0, 0.05) is 37.0 Å². The second-order valence-electron chi connectivity index (χ2n) is 9.65. The van der Waals surface area contributed by atoms with Gasteiger partial charge in [-0.1, -0.05) is 31.2 Å². The zero-order valence-electron chi connectivity index (χ0n) is 24.7. The zero-order chi connectivity index (χ0) is 33.4. The summed E-state index contributed by atoms with van der Waals surface area (Å²) in [5.74, 6) is -4.54. The minimum atomic E-state index is -5.50. The number of hydrogen-bond donors (Lipinski definition) is 4. The molecule has 45 heavy (non-hydrogen) atoms. The Bertz CT molecular complexity index is 1650. The Labute approximate surface area is 258 Å². The number of nitrogens with one attached hydrogen (secondary N) is 3. The molecular formula is C30H33F3N4O7S. The van der Waals surface area contributed by atoms with Gasteiger partial charge in [-0.05, 0) is 60.5 Å². The maximum atomic E-state index is 14.1. The van der Waals surface area contributed by atoms with E-state index in [1.807, 2.05) is 0 Å². The van der Waals surface area contributed by atoms with Crippen LogP contribution >= 0.6 is 0 Å². The third-order valence-corrected chi connectivity index (χ3v) is 8.22. The fourth-order valence-electron chi connectivity index (χ4n) is 4.24. The van der Waals surface area contributed by atoms with Gasteiger partial charge in [0.25, 0.3) is 11.6 Å². The van der Waals surface area contributed by atoms with Crippen LogP contribution in [-0.2, 0) is 47.8 Å². The second kappa shape index (κ2) is 14.4. The predicted molar refractivity (Wildman–Crippen MR) is 160 cm³/mol. The number of esters is 1. The highest BCUT2D eigenvalue weighted by atomic mass is 32.2. The van der Waals surface area contributed by atoms with Crippen LogP contribution in [0.25, 0.3) is 0 Å². The van der Waals surface area contributed by atoms with Gasteiger partial charge < -0.3 is 31.2 Å². The van der Waals surface area contributed by atoms with E-state index in [4.69, 9.17) is 15.2 Å². The lowest BCUT2D eigenvalue weighted by molar-refractivity contribution is -0.213. The van der Waals surface area contributed by atoms with Crippen molar-refractivity contribution in [3.05, 3.63) is 83.4 Å². The number of amides is 2. The van der Waals surface area contributed by atoms with Crippen molar-refractivity contribution < 1.29 is 45.4 Å². The molecule has 15 heteroatoms. The molecule has 242 valence electrons. The predicted octanol–water partition coefficient (Wildman–Crippen LogP) is 3.98. The van der Waals surface area contributed by atoms with E-state index in [0.717, 1.165) is 0 Å². The minimum absolute atomic E-state index is 0.0165. The first kappa shape index (κ1) is 34.9. The van der Waals surface area contributed by atoms with E-state index in [1.165, 1.54) is 68.4 Å². The lowest BCUT2D eigenvalue weighted by Crippen LogP contribution is -2.54. The second-order valence-corrected chi connectivity index (χ2v) is 11.9. The molecule has 1 atom stereocenters. The molecule has 0 aromatic heterocycles. The average molecular weight is 651 g/mol. The number of sulfone groups is 1. The van der Waals surface area contributed by atoms with E-state index >= 15 is 0 Å². The van der Waals surface area contributed by atoms with Gasteiger partial charge in [0.05, 0.1) is 17.3 Å². The molecular weight excluding hydrogens is 617 g/mol. The molecule has 11 nitrogen and oxygen atoms in total. The van der Waals surface area contributed by atoms with Crippen molar-refractivity contribution in [3.63, 3.8) is 0 Å². The van der Waals surface area contributed by atoms with E-state index < -0.39 is 46.1 Å². The molecule has 5 N–H and O–H groups in total. The van der Waals surface area contributed by atoms with Crippen LogP contribution in [0.15, 0.2) is 71.6 Å². The standard InChI is InChI=1S/C30H33F3N4O7S/c1-4-43-25-8-6-7-22(16-25)29(44-28(40)30(31,32)33,37-23-11-9-20(17-34)10-12-23)27(39)35-18-21-15-24(36-19(3)38)13-14-26(21)45(41,42)5-2/h6-16,37H,4-5,17-18,34H2,1-3H3,(H,35,39)(H,36,38). The van der Waals surface area contributed by atoms with Crippen molar-refractivity contribution in [2.45, 2.75) is 50.7 Å². The van der Waals surface area contributed by atoms with Crippen molar-refractivity contribution in [3.8, 4) is 5.75 Å². The quantitative estimate of drug-likeness (QED) is 0.158. The third kappa shape index (κ3) is 8.73. The molecule has 0 aliphatic rings. The Morgan fingerprint density at radius 3 is 2.18 bits per heavy atom. The van der Waals surface area contributed by atoms with Crippen LogP contribution in [0.3, 0.4) is 0 Å². The molecule has 0 aliphatic carbocycles. The Kier molecular flexibility index (Phi) is 11.2. The lowest BCUT2D eigenvalue weighted by Gasteiger charge is -2.34. The number of nitrogens with two attached hydrogens (primary N) is 1. The number of alkyl halides is 3. The van der Waals surface area contributed by atoms with Crippen LogP contribution in [0.5, 0.6) is 5.75 Å². The molecule has 0 aliphatic heterocycles.